The Morgan fingerprint density at radius 1 is 1.57 bits per heavy atom. The largest absolute Gasteiger partial charge is 0.495 e. The van der Waals surface area contributed by atoms with E-state index in [4.69, 9.17) is 16.3 Å². The molecular weight excluding hydrogens is 292 g/mol. The van der Waals surface area contributed by atoms with Gasteiger partial charge in [-0.15, -0.1) is 0 Å². The number of halogens is 1. The number of benzene rings is 1. The van der Waals surface area contributed by atoms with Crippen LogP contribution < -0.4 is 10.1 Å². The zero-order chi connectivity index (χ0) is 15.4. The zero-order valence-electron chi connectivity index (χ0n) is 12.3. The lowest BCUT2D eigenvalue weighted by Gasteiger charge is -2.38. The van der Waals surface area contributed by atoms with Crippen molar-refractivity contribution in [1.29, 1.82) is 0 Å². The molecule has 21 heavy (non-hydrogen) atoms. The molecule has 5 nitrogen and oxygen atoms in total. The summed E-state index contributed by atoms with van der Waals surface area (Å²) in [5.74, 6) is 0.842. The maximum Gasteiger partial charge on any atom is 0.322 e. The summed E-state index contributed by atoms with van der Waals surface area (Å²) in [6.45, 7) is 2.67. The molecule has 1 aromatic carbocycles. The van der Waals surface area contributed by atoms with Crippen LogP contribution in [0, 0.1) is 5.92 Å². The molecule has 2 rings (SSSR count). The number of carbonyl (C=O) groups excluding carboxylic acids is 1. The summed E-state index contributed by atoms with van der Waals surface area (Å²) in [5, 5.41) is 12.9. The standard InChI is InChI=1S/C15H21ClN2O3/c1-10-4-3-7-18(13(10)9-19)15(20)17-12-8-11(16)5-6-14(12)21-2/h5-6,8,10,13,19H,3-4,7,9H2,1-2H3,(H,17,20). The van der Waals surface area contributed by atoms with Gasteiger partial charge < -0.3 is 20.1 Å². The predicted molar refractivity (Wildman–Crippen MR) is 83.0 cm³/mol. The van der Waals surface area contributed by atoms with E-state index < -0.39 is 0 Å². The molecule has 116 valence electrons. The second kappa shape index (κ2) is 7.00. The van der Waals surface area contributed by atoms with Crippen LogP contribution in [-0.4, -0.2) is 42.3 Å². The number of anilines is 1. The molecule has 6 heteroatoms. The Labute approximate surface area is 129 Å². The topological polar surface area (TPSA) is 61.8 Å². The molecule has 2 atom stereocenters. The fourth-order valence-corrected chi connectivity index (χ4v) is 2.92. The molecule has 0 spiro atoms. The van der Waals surface area contributed by atoms with Gasteiger partial charge >= 0.3 is 6.03 Å². The van der Waals surface area contributed by atoms with E-state index in [9.17, 15) is 9.90 Å². The number of carbonyl (C=O) groups is 1. The number of nitrogens with zero attached hydrogens (tertiary/aromatic N) is 1. The van der Waals surface area contributed by atoms with Crippen LogP contribution in [0.4, 0.5) is 10.5 Å². The van der Waals surface area contributed by atoms with E-state index in [1.165, 1.54) is 0 Å². The van der Waals surface area contributed by atoms with Gasteiger partial charge in [0.05, 0.1) is 25.4 Å². The Bertz CT molecular complexity index is 510. The summed E-state index contributed by atoms with van der Waals surface area (Å²) >= 11 is 5.96. The second-order valence-electron chi connectivity index (χ2n) is 5.34. The van der Waals surface area contributed by atoms with Gasteiger partial charge in [-0.25, -0.2) is 4.79 Å². The second-order valence-corrected chi connectivity index (χ2v) is 5.77. The molecular formula is C15H21ClN2O3. The summed E-state index contributed by atoms with van der Waals surface area (Å²) in [7, 11) is 1.54. The normalized spacial score (nSPS) is 22.0. The number of piperidine rings is 1. The summed E-state index contributed by atoms with van der Waals surface area (Å²) in [6.07, 6.45) is 1.97. The average molecular weight is 313 g/mol. The minimum absolute atomic E-state index is 0.0265. The van der Waals surface area contributed by atoms with Crippen molar-refractivity contribution in [3.63, 3.8) is 0 Å². The third kappa shape index (κ3) is 3.60. The van der Waals surface area contributed by atoms with E-state index in [0.29, 0.717) is 23.0 Å². The van der Waals surface area contributed by atoms with Crippen molar-refractivity contribution in [3.05, 3.63) is 23.2 Å². The van der Waals surface area contributed by atoms with Gasteiger partial charge in [-0.05, 0) is 37.0 Å². The number of likely N-dealkylation sites (tertiary alicyclic amines) is 1. The van der Waals surface area contributed by atoms with Crippen LogP contribution in [0.5, 0.6) is 5.75 Å². The molecule has 0 aliphatic carbocycles. The number of urea groups is 1. The van der Waals surface area contributed by atoms with Gasteiger partial charge in [0.25, 0.3) is 0 Å². The summed E-state index contributed by atoms with van der Waals surface area (Å²) in [4.78, 5) is 14.2. The third-order valence-electron chi connectivity index (χ3n) is 3.97. The highest BCUT2D eigenvalue weighted by molar-refractivity contribution is 6.31. The molecule has 1 saturated heterocycles. The van der Waals surface area contributed by atoms with Crippen LogP contribution in [0.15, 0.2) is 18.2 Å². The lowest BCUT2D eigenvalue weighted by Crippen LogP contribution is -2.51. The van der Waals surface area contributed by atoms with Gasteiger partial charge in [-0.2, -0.15) is 0 Å². The number of aliphatic hydroxyl groups is 1. The number of hydrogen-bond acceptors (Lipinski definition) is 3. The van der Waals surface area contributed by atoms with Gasteiger partial charge in [-0.3, -0.25) is 0 Å². The monoisotopic (exact) mass is 312 g/mol. The van der Waals surface area contributed by atoms with Gasteiger partial charge in [-0.1, -0.05) is 18.5 Å². The van der Waals surface area contributed by atoms with Crippen molar-refractivity contribution < 1.29 is 14.6 Å². The number of amides is 2. The fraction of sp³-hybridized carbons (Fsp3) is 0.533. The van der Waals surface area contributed by atoms with Gasteiger partial charge in [0.2, 0.25) is 0 Å². The first kappa shape index (κ1) is 15.9. The third-order valence-corrected chi connectivity index (χ3v) is 4.20. The Morgan fingerprint density at radius 3 is 3.00 bits per heavy atom. The van der Waals surface area contributed by atoms with E-state index in [0.717, 1.165) is 12.8 Å². The van der Waals surface area contributed by atoms with Crippen molar-refractivity contribution in [3.8, 4) is 5.75 Å². The van der Waals surface area contributed by atoms with Gasteiger partial charge in [0, 0.05) is 11.6 Å². The maximum atomic E-state index is 12.5. The first-order chi connectivity index (χ1) is 10.1. The number of ether oxygens (including phenoxy) is 1. The Morgan fingerprint density at radius 2 is 2.33 bits per heavy atom. The molecule has 0 bridgehead atoms. The molecule has 1 fully saturated rings. The fourth-order valence-electron chi connectivity index (χ4n) is 2.74. The summed E-state index contributed by atoms with van der Waals surface area (Å²) in [5.41, 5.74) is 0.532. The molecule has 0 radical (unpaired) electrons. The highest BCUT2D eigenvalue weighted by Crippen LogP contribution is 2.29. The van der Waals surface area contributed by atoms with Crippen molar-refractivity contribution >= 4 is 23.3 Å². The molecule has 0 aromatic heterocycles. The molecule has 1 aromatic rings. The molecule has 2 amide bonds. The highest BCUT2D eigenvalue weighted by atomic mass is 35.5. The molecule has 2 unspecified atom stereocenters. The molecule has 1 heterocycles. The van der Waals surface area contributed by atoms with E-state index >= 15 is 0 Å². The van der Waals surface area contributed by atoms with Crippen LogP contribution in [0.1, 0.15) is 19.8 Å². The van der Waals surface area contributed by atoms with Crippen LogP contribution in [0.3, 0.4) is 0 Å². The highest BCUT2D eigenvalue weighted by Gasteiger charge is 2.31. The van der Waals surface area contributed by atoms with Gasteiger partial charge in [0.1, 0.15) is 5.75 Å². The van der Waals surface area contributed by atoms with Crippen LogP contribution in [-0.2, 0) is 0 Å². The number of aliphatic hydroxyl groups excluding tert-OH is 1. The number of rotatable bonds is 3. The zero-order valence-corrected chi connectivity index (χ0v) is 13.1. The molecule has 0 saturated carbocycles. The Hall–Kier alpha value is -1.46. The first-order valence-electron chi connectivity index (χ1n) is 7.08. The first-order valence-corrected chi connectivity index (χ1v) is 7.46. The number of nitrogens with one attached hydrogen (secondary N) is 1. The quantitative estimate of drug-likeness (QED) is 0.902. The van der Waals surface area contributed by atoms with E-state index in [1.807, 2.05) is 0 Å². The van der Waals surface area contributed by atoms with Crippen molar-refractivity contribution in [2.45, 2.75) is 25.8 Å². The van der Waals surface area contributed by atoms with Crippen LogP contribution in [0.25, 0.3) is 0 Å². The number of hydrogen-bond donors (Lipinski definition) is 2. The average Bonchev–Trinajstić information content (AvgIpc) is 2.47. The van der Waals surface area contributed by atoms with Crippen LogP contribution >= 0.6 is 11.6 Å². The molecule has 1 aliphatic heterocycles. The lowest BCUT2D eigenvalue weighted by atomic mass is 9.91. The van der Waals surface area contributed by atoms with Crippen molar-refractivity contribution in [1.82, 2.24) is 4.90 Å². The Kier molecular flexibility index (Phi) is 5.31. The van der Waals surface area contributed by atoms with Crippen molar-refractivity contribution in [2.24, 2.45) is 5.92 Å². The predicted octanol–water partition coefficient (Wildman–Crippen LogP) is 2.97. The Balaban J connectivity index is 2.15. The maximum absolute atomic E-state index is 12.5. The molecule has 1 aliphatic rings. The van der Waals surface area contributed by atoms with E-state index in [1.54, 1.807) is 30.2 Å². The molecule has 2 N–H and O–H groups in total. The minimum atomic E-state index is -0.235. The van der Waals surface area contributed by atoms with Crippen molar-refractivity contribution in [2.75, 3.05) is 25.6 Å². The smallest absolute Gasteiger partial charge is 0.322 e. The minimum Gasteiger partial charge on any atom is -0.495 e. The van der Waals surface area contributed by atoms with Gasteiger partial charge in [0.15, 0.2) is 0 Å². The SMILES string of the molecule is COc1ccc(Cl)cc1NC(=O)N1CCCC(C)C1CO. The summed E-state index contributed by atoms with van der Waals surface area (Å²) in [6, 6.07) is 4.68. The van der Waals surface area contributed by atoms with Crippen LogP contribution in [0.2, 0.25) is 5.02 Å². The van der Waals surface area contributed by atoms with E-state index in [-0.39, 0.29) is 24.6 Å². The number of methoxy groups -OCH3 is 1. The van der Waals surface area contributed by atoms with E-state index in [2.05, 4.69) is 12.2 Å². The summed E-state index contributed by atoms with van der Waals surface area (Å²) < 4.78 is 5.22. The lowest BCUT2D eigenvalue weighted by molar-refractivity contribution is 0.0811.